The highest BCUT2D eigenvalue weighted by Crippen LogP contribution is 2.22. The Hall–Kier alpha value is -1.52. The first-order valence-corrected chi connectivity index (χ1v) is 6.92. The molecule has 4 nitrogen and oxygen atoms in total. The van der Waals surface area contributed by atoms with Crippen LogP contribution in [-0.4, -0.2) is 22.4 Å². The molecule has 0 aliphatic rings. The van der Waals surface area contributed by atoms with Crippen molar-refractivity contribution in [3.8, 4) is 0 Å². The standard InChI is InChI=1S/C14H14Cl2N2O2/c1-3-20-14(19)13-6-9(2)17-18(13)8-10-7-11(15)4-5-12(10)16/h4-7H,3,8H2,1-2H3. The van der Waals surface area contributed by atoms with Crippen LogP contribution in [0.3, 0.4) is 0 Å². The average molecular weight is 313 g/mol. The summed E-state index contributed by atoms with van der Waals surface area (Å²) in [6.07, 6.45) is 0. The van der Waals surface area contributed by atoms with Gasteiger partial charge in [-0.15, -0.1) is 0 Å². The summed E-state index contributed by atoms with van der Waals surface area (Å²) in [5, 5.41) is 5.46. The van der Waals surface area contributed by atoms with Crippen LogP contribution in [0.1, 0.15) is 28.7 Å². The van der Waals surface area contributed by atoms with Gasteiger partial charge in [0.1, 0.15) is 5.69 Å². The van der Waals surface area contributed by atoms with Crippen LogP contribution in [0, 0.1) is 6.92 Å². The summed E-state index contributed by atoms with van der Waals surface area (Å²) in [7, 11) is 0. The van der Waals surface area contributed by atoms with E-state index < -0.39 is 5.97 Å². The lowest BCUT2D eigenvalue weighted by Gasteiger charge is -2.09. The van der Waals surface area contributed by atoms with Gasteiger partial charge in [-0.2, -0.15) is 5.10 Å². The molecule has 0 aliphatic carbocycles. The van der Waals surface area contributed by atoms with Crippen molar-refractivity contribution in [2.45, 2.75) is 20.4 Å². The molecule has 0 atom stereocenters. The van der Waals surface area contributed by atoms with Gasteiger partial charge in [-0.1, -0.05) is 23.2 Å². The maximum atomic E-state index is 11.9. The van der Waals surface area contributed by atoms with Gasteiger partial charge < -0.3 is 4.74 Å². The van der Waals surface area contributed by atoms with Crippen molar-refractivity contribution >= 4 is 29.2 Å². The van der Waals surface area contributed by atoms with Crippen molar-refractivity contribution in [3.63, 3.8) is 0 Å². The number of esters is 1. The third-order valence-electron chi connectivity index (χ3n) is 2.71. The van der Waals surface area contributed by atoms with E-state index in [4.69, 9.17) is 27.9 Å². The number of benzene rings is 1. The van der Waals surface area contributed by atoms with Crippen LogP contribution in [0.25, 0.3) is 0 Å². The summed E-state index contributed by atoms with van der Waals surface area (Å²) in [6, 6.07) is 6.89. The zero-order chi connectivity index (χ0) is 14.7. The molecule has 2 rings (SSSR count). The smallest absolute Gasteiger partial charge is 0.356 e. The summed E-state index contributed by atoms with van der Waals surface area (Å²) in [5.41, 5.74) is 1.94. The zero-order valence-electron chi connectivity index (χ0n) is 11.2. The quantitative estimate of drug-likeness (QED) is 0.808. The van der Waals surface area contributed by atoms with Gasteiger partial charge in [0.2, 0.25) is 0 Å². The molecule has 106 valence electrons. The van der Waals surface area contributed by atoms with E-state index in [0.29, 0.717) is 28.9 Å². The van der Waals surface area contributed by atoms with Crippen LogP contribution >= 0.6 is 23.2 Å². The lowest BCUT2D eigenvalue weighted by Crippen LogP contribution is -2.14. The van der Waals surface area contributed by atoms with Crippen molar-refractivity contribution in [1.82, 2.24) is 9.78 Å². The SMILES string of the molecule is CCOC(=O)c1cc(C)nn1Cc1cc(Cl)ccc1Cl. The largest absolute Gasteiger partial charge is 0.461 e. The van der Waals surface area contributed by atoms with Crippen molar-refractivity contribution in [1.29, 1.82) is 0 Å². The van der Waals surface area contributed by atoms with Crippen molar-refractivity contribution in [2.24, 2.45) is 0 Å². The molecule has 0 unspecified atom stereocenters. The fourth-order valence-electron chi connectivity index (χ4n) is 1.86. The van der Waals surface area contributed by atoms with Gasteiger partial charge >= 0.3 is 5.97 Å². The summed E-state index contributed by atoms with van der Waals surface area (Å²) < 4.78 is 6.59. The molecule has 0 amide bonds. The Morgan fingerprint density at radius 2 is 2.10 bits per heavy atom. The first kappa shape index (κ1) is 14.9. The van der Waals surface area contributed by atoms with Gasteiger partial charge in [0, 0.05) is 10.0 Å². The average Bonchev–Trinajstić information content (AvgIpc) is 2.75. The van der Waals surface area contributed by atoms with Gasteiger partial charge in [-0.05, 0) is 43.7 Å². The number of rotatable bonds is 4. The van der Waals surface area contributed by atoms with E-state index in [1.807, 2.05) is 6.92 Å². The third-order valence-corrected chi connectivity index (χ3v) is 3.32. The van der Waals surface area contributed by atoms with Crippen LogP contribution < -0.4 is 0 Å². The Bertz CT molecular complexity index is 638. The molecule has 1 aromatic heterocycles. The molecule has 0 radical (unpaired) electrons. The molecule has 0 fully saturated rings. The molecule has 0 saturated carbocycles. The maximum absolute atomic E-state index is 11.9. The molecule has 0 bridgehead atoms. The second kappa shape index (κ2) is 6.29. The molecule has 1 heterocycles. The highest BCUT2D eigenvalue weighted by Gasteiger charge is 2.16. The number of aryl methyl sites for hydroxylation is 1. The van der Waals surface area contributed by atoms with E-state index in [2.05, 4.69) is 5.10 Å². The molecule has 0 aliphatic heterocycles. The first-order valence-electron chi connectivity index (χ1n) is 6.16. The number of hydrogen-bond acceptors (Lipinski definition) is 3. The Balaban J connectivity index is 2.33. The van der Waals surface area contributed by atoms with Crippen LogP contribution in [0.5, 0.6) is 0 Å². The molecule has 1 aromatic carbocycles. The number of hydrogen-bond donors (Lipinski definition) is 0. The Labute approximate surface area is 127 Å². The second-order valence-electron chi connectivity index (χ2n) is 4.28. The fourth-order valence-corrected chi connectivity index (χ4v) is 2.23. The van der Waals surface area contributed by atoms with E-state index in [9.17, 15) is 4.79 Å². The van der Waals surface area contributed by atoms with E-state index in [0.717, 1.165) is 11.3 Å². The summed E-state index contributed by atoms with van der Waals surface area (Å²) >= 11 is 12.1. The van der Waals surface area contributed by atoms with Gasteiger partial charge in [-0.25, -0.2) is 4.79 Å². The molecule has 6 heteroatoms. The van der Waals surface area contributed by atoms with E-state index >= 15 is 0 Å². The summed E-state index contributed by atoms with van der Waals surface area (Å²) in [5.74, 6) is -0.397. The Morgan fingerprint density at radius 3 is 2.80 bits per heavy atom. The minimum atomic E-state index is -0.397. The Kier molecular flexibility index (Phi) is 4.68. The number of nitrogens with zero attached hydrogens (tertiary/aromatic N) is 2. The van der Waals surface area contributed by atoms with Gasteiger partial charge in [0.05, 0.1) is 18.8 Å². The number of carbonyl (C=O) groups is 1. The number of halogens is 2. The van der Waals surface area contributed by atoms with Crippen LogP contribution in [0.4, 0.5) is 0 Å². The van der Waals surface area contributed by atoms with Crippen molar-refractivity contribution in [3.05, 3.63) is 51.3 Å². The fraction of sp³-hybridized carbons (Fsp3) is 0.286. The van der Waals surface area contributed by atoms with Crippen LogP contribution in [-0.2, 0) is 11.3 Å². The highest BCUT2D eigenvalue weighted by molar-refractivity contribution is 6.33. The topological polar surface area (TPSA) is 44.1 Å². The molecule has 2 aromatic rings. The lowest BCUT2D eigenvalue weighted by atomic mass is 10.2. The van der Waals surface area contributed by atoms with Crippen LogP contribution in [0.2, 0.25) is 10.0 Å². The number of aromatic nitrogens is 2. The highest BCUT2D eigenvalue weighted by atomic mass is 35.5. The monoisotopic (exact) mass is 312 g/mol. The summed E-state index contributed by atoms with van der Waals surface area (Å²) in [4.78, 5) is 11.9. The van der Waals surface area contributed by atoms with Gasteiger partial charge in [0.15, 0.2) is 0 Å². The molecular weight excluding hydrogens is 299 g/mol. The lowest BCUT2D eigenvalue weighted by molar-refractivity contribution is 0.0512. The maximum Gasteiger partial charge on any atom is 0.356 e. The Morgan fingerprint density at radius 1 is 1.35 bits per heavy atom. The zero-order valence-corrected chi connectivity index (χ0v) is 12.7. The van der Waals surface area contributed by atoms with Crippen molar-refractivity contribution < 1.29 is 9.53 Å². The summed E-state index contributed by atoms with van der Waals surface area (Å²) in [6.45, 7) is 4.26. The molecular formula is C14H14Cl2N2O2. The molecule has 20 heavy (non-hydrogen) atoms. The van der Waals surface area contributed by atoms with E-state index in [1.54, 1.807) is 35.9 Å². The minimum absolute atomic E-state index is 0.320. The van der Waals surface area contributed by atoms with Gasteiger partial charge in [0.25, 0.3) is 0 Å². The molecule has 0 spiro atoms. The molecule has 0 saturated heterocycles. The predicted octanol–water partition coefficient (Wildman–Crippen LogP) is 3.72. The number of ether oxygens (including phenoxy) is 1. The van der Waals surface area contributed by atoms with Gasteiger partial charge in [-0.3, -0.25) is 4.68 Å². The van der Waals surface area contributed by atoms with E-state index in [-0.39, 0.29) is 0 Å². The molecule has 0 N–H and O–H groups in total. The minimum Gasteiger partial charge on any atom is -0.461 e. The third kappa shape index (κ3) is 3.32. The first-order chi connectivity index (χ1) is 9.51. The second-order valence-corrected chi connectivity index (χ2v) is 5.13. The normalized spacial score (nSPS) is 10.6. The van der Waals surface area contributed by atoms with E-state index in [1.165, 1.54) is 0 Å². The van der Waals surface area contributed by atoms with Crippen LogP contribution in [0.15, 0.2) is 24.3 Å². The predicted molar refractivity (Wildman–Crippen MR) is 78.5 cm³/mol. The number of carbonyl (C=O) groups excluding carboxylic acids is 1. The van der Waals surface area contributed by atoms with Crippen molar-refractivity contribution in [2.75, 3.05) is 6.61 Å².